The Morgan fingerprint density at radius 3 is 1.96 bits per heavy atom. The van der Waals surface area contributed by atoms with Crippen LogP contribution in [0.3, 0.4) is 0 Å². The molecular weight excluding hydrogens is 374 g/mol. The summed E-state index contributed by atoms with van der Waals surface area (Å²) in [6, 6.07) is 4.36. The van der Waals surface area contributed by atoms with Crippen molar-refractivity contribution in [3.05, 3.63) is 29.8 Å². The van der Waals surface area contributed by atoms with E-state index in [0.29, 0.717) is 6.42 Å². The van der Waals surface area contributed by atoms with Gasteiger partial charge in [-0.05, 0) is 24.6 Å². The van der Waals surface area contributed by atoms with E-state index in [4.69, 9.17) is 9.90 Å². The van der Waals surface area contributed by atoms with Crippen molar-refractivity contribution >= 4 is 23.5 Å². The number of anilines is 1. The lowest BCUT2D eigenvalue weighted by Gasteiger charge is -2.26. The highest BCUT2D eigenvalue weighted by Gasteiger charge is 2.38. The van der Waals surface area contributed by atoms with Crippen molar-refractivity contribution < 1.29 is 45.8 Å². The third-order valence-electron chi connectivity index (χ3n) is 2.95. The van der Waals surface area contributed by atoms with Crippen LogP contribution in [0.1, 0.15) is 24.8 Å². The second kappa shape index (κ2) is 8.06. The number of nitrogens with one attached hydrogen (secondary N) is 1. The van der Waals surface area contributed by atoms with Crippen molar-refractivity contribution in [2.24, 2.45) is 0 Å². The first-order valence-corrected chi connectivity index (χ1v) is 6.92. The third-order valence-corrected chi connectivity index (χ3v) is 2.95. The molecule has 2 amide bonds. The average Bonchev–Trinajstić information content (AvgIpc) is 2.50. The quantitative estimate of drug-likeness (QED) is 0.602. The molecule has 1 aromatic carbocycles. The molecule has 1 aliphatic heterocycles. The highest BCUT2D eigenvalue weighted by molar-refractivity contribution is 5.98. The summed E-state index contributed by atoms with van der Waals surface area (Å²) >= 11 is 0. The topological polar surface area (TPSA) is 86.7 Å². The number of hydrogen-bond donors (Lipinski definition) is 2. The van der Waals surface area contributed by atoms with Crippen LogP contribution in [0, 0.1) is 0 Å². The van der Waals surface area contributed by atoms with Crippen LogP contribution in [0.4, 0.5) is 32.0 Å². The van der Waals surface area contributed by atoms with Gasteiger partial charge in [0.15, 0.2) is 0 Å². The second-order valence-electron chi connectivity index (χ2n) is 4.97. The van der Waals surface area contributed by atoms with E-state index in [1.54, 1.807) is 0 Å². The molecule has 0 aromatic heterocycles. The van der Waals surface area contributed by atoms with E-state index >= 15 is 0 Å². The Morgan fingerprint density at radius 1 is 1.04 bits per heavy atom. The van der Waals surface area contributed by atoms with Gasteiger partial charge in [0.25, 0.3) is 0 Å². The largest absolute Gasteiger partial charge is 0.490 e. The Labute approximate surface area is 142 Å². The van der Waals surface area contributed by atoms with Crippen LogP contribution in [0.15, 0.2) is 24.3 Å². The van der Waals surface area contributed by atoms with E-state index in [-0.39, 0.29) is 18.5 Å². The first-order chi connectivity index (χ1) is 11.8. The number of carbonyl (C=O) groups is 3. The normalized spacial score (nSPS) is 15.2. The van der Waals surface area contributed by atoms with Gasteiger partial charge in [-0.15, -0.1) is 0 Å². The van der Waals surface area contributed by atoms with Gasteiger partial charge in [-0.25, -0.2) is 4.79 Å². The lowest BCUT2D eigenvalue weighted by atomic mass is 10.1. The first-order valence-electron chi connectivity index (χ1n) is 6.92. The van der Waals surface area contributed by atoms with Crippen LogP contribution in [-0.4, -0.2) is 34.1 Å². The number of nitrogens with zero attached hydrogens (tertiary/aromatic N) is 1. The third kappa shape index (κ3) is 6.26. The fourth-order valence-corrected chi connectivity index (χ4v) is 1.77. The minimum atomic E-state index is -5.08. The number of benzene rings is 1. The molecule has 1 heterocycles. The van der Waals surface area contributed by atoms with Gasteiger partial charge in [0.05, 0.1) is 11.3 Å². The van der Waals surface area contributed by atoms with E-state index in [1.165, 1.54) is 12.1 Å². The Hall–Kier alpha value is -2.79. The number of piperidine rings is 1. The molecule has 1 aromatic rings. The number of hydrazine groups is 1. The number of aliphatic carboxylic acids is 1. The molecule has 12 heteroatoms. The first kappa shape index (κ1) is 21.3. The molecule has 6 nitrogen and oxygen atoms in total. The minimum Gasteiger partial charge on any atom is -0.475 e. The summed E-state index contributed by atoms with van der Waals surface area (Å²) in [6.45, 7) is 0. The zero-order chi connectivity index (χ0) is 20.1. The number of amides is 2. The molecule has 0 atom stereocenters. The Balaban J connectivity index is 0.000000412. The van der Waals surface area contributed by atoms with Gasteiger partial charge in [0, 0.05) is 12.8 Å². The van der Waals surface area contributed by atoms with Crippen molar-refractivity contribution in [1.82, 2.24) is 5.01 Å². The molecule has 0 saturated carbocycles. The zero-order valence-electron chi connectivity index (χ0n) is 12.8. The smallest absolute Gasteiger partial charge is 0.475 e. The lowest BCUT2D eigenvalue weighted by molar-refractivity contribution is -0.192. The van der Waals surface area contributed by atoms with E-state index in [9.17, 15) is 35.9 Å². The predicted molar refractivity (Wildman–Crippen MR) is 74.5 cm³/mol. The van der Waals surface area contributed by atoms with Crippen molar-refractivity contribution in [1.29, 1.82) is 0 Å². The number of hydrogen-bond acceptors (Lipinski definition) is 4. The van der Waals surface area contributed by atoms with E-state index in [0.717, 1.165) is 17.1 Å². The molecule has 1 fully saturated rings. The Bertz CT molecular complexity index is 671. The number of carboxylic acid groups (broad SMARTS) is 1. The monoisotopic (exact) mass is 386 g/mol. The number of alkyl halides is 6. The molecule has 0 unspecified atom stereocenters. The number of rotatable bonds is 2. The van der Waals surface area contributed by atoms with E-state index in [1.807, 2.05) is 0 Å². The number of carbonyl (C=O) groups excluding carboxylic acids is 2. The van der Waals surface area contributed by atoms with Crippen LogP contribution in [0.25, 0.3) is 0 Å². The van der Waals surface area contributed by atoms with Crippen LogP contribution < -0.4 is 5.43 Å². The summed E-state index contributed by atoms with van der Waals surface area (Å²) in [5.74, 6) is -3.63. The highest BCUT2D eigenvalue weighted by atomic mass is 19.4. The summed E-state index contributed by atoms with van der Waals surface area (Å²) in [4.78, 5) is 31.9. The predicted octanol–water partition coefficient (Wildman–Crippen LogP) is 3.20. The van der Waals surface area contributed by atoms with Crippen molar-refractivity contribution in [3.63, 3.8) is 0 Å². The SMILES string of the molecule is O=C(O)C(F)(F)F.O=C1CCCC(=O)N1Nc1cccc(C(F)(F)F)c1. The van der Waals surface area contributed by atoms with Crippen molar-refractivity contribution in [3.8, 4) is 0 Å². The molecule has 0 radical (unpaired) electrons. The van der Waals surface area contributed by atoms with Gasteiger partial charge >= 0.3 is 18.3 Å². The molecule has 26 heavy (non-hydrogen) atoms. The molecule has 2 N–H and O–H groups in total. The fourth-order valence-electron chi connectivity index (χ4n) is 1.77. The van der Waals surface area contributed by atoms with Crippen LogP contribution in [0.2, 0.25) is 0 Å². The van der Waals surface area contributed by atoms with Crippen LogP contribution >= 0.6 is 0 Å². The van der Waals surface area contributed by atoms with Gasteiger partial charge in [-0.1, -0.05) is 6.07 Å². The van der Waals surface area contributed by atoms with Crippen LogP contribution in [-0.2, 0) is 20.6 Å². The Kier molecular flexibility index (Phi) is 6.59. The standard InChI is InChI=1S/C12H11F3N2O2.C2HF3O2/c13-12(14,15)8-3-1-4-9(7-8)16-17-10(18)5-2-6-11(17)19;3-2(4,5)1(6)7/h1,3-4,7,16H,2,5-6H2;(H,6,7). The molecule has 1 aliphatic rings. The zero-order valence-corrected chi connectivity index (χ0v) is 12.8. The average molecular weight is 386 g/mol. The van der Waals surface area contributed by atoms with Gasteiger partial charge in [-0.2, -0.15) is 31.4 Å². The molecule has 0 spiro atoms. The van der Waals surface area contributed by atoms with E-state index in [2.05, 4.69) is 5.43 Å². The second-order valence-corrected chi connectivity index (χ2v) is 4.97. The van der Waals surface area contributed by atoms with Gasteiger partial charge in [-0.3, -0.25) is 15.0 Å². The lowest BCUT2D eigenvalue weighted by Crippen LogP contribution is -2.44. The maximum absolute atomic E-state index is 12.5. The maximum atomic E-state index is 12.5. The minimum absolute atomic E-state index is 0.0541. The van der Waals surface area contributed by atoms with Crippen LogP contribution in [0.5, 0.6) is 0 Å². The fraction of sp³-hybridized carbons (Fsp3) is 0.357. The van der Waals surface area contributed by atoms with Gasteiger partial charge < -0.3 is 5.11 Å². The molecular formula is C14H12F6N2O4. The molecule has 0 aliphatic carbocycles. The number of imide groups is 1. The molecule has 2 rings (SSSR count). The molecule has 1 saturated heterocycles. The van der Waals surface area contributed by atoms with Crippen molar-refractivity contribution in [2.45, 2.75) is 31.6 Å². The molecule has 0 bridgehead atoms. The highest BCUT2D eigenvalue weighted by Crippen LogP contribution is 2.31. The van der Waals surface area contributed by atoms with Crippen molar-refractivity contribution in [2.75, 3.05) is 5.43 Å². The summed E-state index contributed by atoms with van der Waals surface area (Å²) in [6.07, 6.45) is -8.67. The molecule has 144 valence electrons. The number of carboxylic acids is 1. The summed E-state index contributed by atoms with van der Waals surface area (Å²) < 4.78 is 69.3. The van der Waals surface area contributed by atoms with Gasteiger partial charge in [0.2, 0.25) is 11.8 Å². The summed E-state index contributed by atoms with van der Waals surface area (Å²) in [5.41, 5.74) is 1.64. The van der Waals surface area contributed by atoms with E-state index < -0.39 is 35.7 Å². The summed E-state index contributed by atoms with van der Waals surface area (Å²) in [5, 5.41) is 7.90. The number of halogens is 6. The Morgan fingerprint density at radius 2 is 1.54 bits per heavy atom. The summed E-state index contributed by atoms with van der Waals surface area (Å²) in [7, 11) is 0. The van der Waals surface area contributed by atoms with Gasteiger partial charge in [0.1, 0.15) is 0 Å². The maximum Gasteiger partial charge on any atom is 0.490 e.